The summed E-state index contributed by atoms with van der Waals surface area (Å²) in [7, 11) is 0. The summed E-state index contributed by atoms with van der Waals surface area (Å²) >= 11 is 0. The second-order valence-electron chi connectivity index (χ2n) is 8.39. The summed E-state index contributed by atoms with van der Waals surface area (Å²) in [4.78, 5) is 21.6. The number of benzene rings is 1. The van der Waals surface area contributed by atoms with Crippen LogP contribution >= 0.6 is 0 Å². The maximum absolute atomic E-state index is 13.7. The van der Waals surface area contributed by atoms with Gasteiger partial charge >= 0.3 is 6.61 Å². The topological polar surface area (TPSA) is 70.2 Å². The highest BCUT2D eigenvalue weighted by Gasteiger charge is 2.38. The Hall–Kier alpha value is -2.29. The van der Waals surface area contributed by atoms with Gasteiger partial charge in [0.25, 0.3) is 0 Å². The number of ether oxygens (including phenoxy) is 1. The maximum atomic E-state index is 13.7. The molecule has 29 heavy (non-hydrogen) atoms. The highest BCUT2D eigenvalue weighted by atomic mass is 19.3. The molecule has 0 atom stereocenters. The van der Waals surface area contributed by atoms with Gasteiger partial charge in [0.2, 0.25) is 5.91 Å². The number of hydrogen-bond acceptors (Lipinski definition) is 4. The van der Waals surface area contributed by atoms with Crippen LogP contribution in [0.2, 0.25) is 0 Å². The Bertz CT molecular complexity index is 889. The second-order valence-corrected chi connectivity index (χ2v) is 8.39. The van der Waals surface area contributed by atoms with E-state index >= 15 is 0 Å². The van der Waals surface area contributed by atoms with Crippen molar-refractivity contribution in [3.63, 3.8) is 0 Å². The lowest BCUT2D eigenvalue weighted by Gasteiger charge is -2.31. The Balaban J connectivity index is 1.33. The van der Waals surface area contributed by atoms with Crippen LogP contribution in [0.3, 0.4) is 0 Å². The quantitative estimate of drug-likeness (QED) is 0.735. The fraction of sp³-hybridized carbons (Fsp3) is 0.600. The van der Waals surface area contributed by atoms with Crippen LogP contribution in [0.15, 0.2) is 12.1 Å². The smallest absolute Gasteiger partial charge is 0.387 e. The van der Waals surface area contributed by atoms with E-state index in [-0.39, 0.29) is 22.7 Å². The van der Waals surface area contributed by atoms with Crippen LogP contribution in [0, 0.1) is 11.7 Å². The van der Waals surface area contributed by atoms with Crippen molar-refractivity contribution >= 4 is 16.9 Å². The molecule has 0 radical (unpaired) electrons. The number of fused-ring (bicyclic) bond motifs is 1. The van der Waals surface area contributed by atoms with Crippen molar-refractivity contribution in [2.75, 3.05) is 19.6 Å². The van der Waals surface area contributed by atoms with E-state index in [1.54, 1.807) is 0 Å². The van der Waals surface area contributed by atoms with Gasteiger partial charge in [0, 0.05) is 18.0 Å². The average molecular weight is 410 g/mol. The molecule has 4 rings (SSSR count). The minimum absolute atomic E-state index is 0.00304. The lowest BCUT2D eigenvalue weighted by Crippen LogP contribution is -2.44. The van der Waals surface area contributed by atoms with E-state index < -0.39 is 12.4 Å². The predicted octanol–water partition coefficient (Wildman–Crippen LogP) is 3.23. The standard InChI is InChI=1S/C20H25F3N4O2/c1-20(4-5-20)26-17(28)11-27-6-2-12(3-7-27)8-16-24-14-9-13(21)10-15(18(14)25-16)29-19(22)23/h9-10,12,19H,2-8,11H2,1H3,(H,24,25)(H,26,28). The number of piperidine rings is 1. The van der Waals surface area contributed by atoms with E-state index in [0.29, 0.717) is 30.2 Å². The third-order valence-electron chi connectivity index (χ3n) is 5.78. The van der Waals surface area contributed by atoms with Crippen molar-refractivity contribution in [3.05, 3.63) is 23.8 Å². The first-order valence-corrected chi connectivity index (χ1v) is 9.96. The minimum atomic E-state index is -3.04. The molecule has 1 aromatic carbocycles. The highest BCUT2D eigenvalue weighted by molar-refractivity contribution is 5.82. The fourth-order valence-electron chi connectivity index (χ4n) is 3.90. The van der Waals surface area contributed by atoms with Gasteiger partial charge in [-0.05, 0) is 57.7 Å². The van der Waals surface area contributed by atoms with Gasteiger partial charge in [-0.25, -0.2) is 9.37 Å². The maximum Gasteiger partial charge on any atom is 0.387 e. The summed E-state index contributed by atoms with van der Waals surface area (Å²) in [6.07, 6.45) is 4.56. The Labute approximate surface area is 166 Å². The van der Waals surface area contributed by atoms with Gasteiger partial charge in [-0.2, -0.15) is 8.78 Å². The molecule has 1 aliphatic carbocycles. The van der Waals surface area contributed by atoms with Crippen LogP contribution in [0.5, 0.6) is 5.75 Å². The highest BCUT2D eigenvalue weighted by Crippen LogP contribution is 2.34. The molecule has 0 spiro atoms. The van der Waals surface area contributed by atoms with Gasteiger partial charge in [0.15, 0.2) is 5.75 Å². The molecule has 158 valence electrons. The summed E-state index contributed by atoms with van der Waals surface area (Å²) in [5, 5.41) is 3.08. The fourth-order valence-corrected chi connectivity index (χ4v) is 3.90. The number of nitrogens with one attached hydrogen (secondary N) is 2. The molecule has 9 heteroatoms. The number of imidazole rings is 1. The zero-order valence-electron chi connectivity index (χ0n) is 16.3. The number of carbonyl (C=O) groups excluding carboxylic acids is 1. The summed E-state index contributed by atoms with van der Waals surface area (Å²) in [5.74, 6) is 0.148. The number of rotatable bonds is 7. The second kappa shape index (κ2) is 7.85. The van der Waals surface area contributed by atoms with Crippen LogP contribution in [0.25, 0.3) is 11.0 Å². The molecule has 1 saturated carbocycles. The minimum Gasteiger partial charge on any atom is -0.432 e. The number of hydrogen-bond donors (Lipinski definition) is 2. The molecule has 1 aromatic heterocycles. The molecule has 1 saturated heterocycles. The third-order valence-corrected chi connectivity index (χ3v) is 5.78. The van der Waals surface area contributed by atoms with E-state index in [1.165, 1.54) is 6.07 Å². The average Bonchev–Trinajstić information content (AvgIpc) is 3.20. The molecule has 2 aliphatic rings. The molecule has 1 aliphatic heterocycles. The zero-order valence-corrected chi connectivity index (χ0v) is 16.3. The number of halogens is 3. The van der Waals surface area contributed by atoms with Crippen LogP contribution in [0.4, 0.5) is 13.2 Å². The summed E-state index contributed by atoms with van der Waals surface area (Å²) < 4.78 is 43.2. The molecule has 1 amide bonds. The summed E-state index contributed by atoms with van der Waals surface area (Å²) in [5.41, 5.74) is 0.561. The number of H-pyrrole nitrogens is 1. The molecule has 0 bridgehead atoms. The van der Waals surface area contributed by atoms with Crippen molar-refractivity contribution in [1.29, 1.82) is 0 Å². The molecule has 0 unspecified atom stereocenters. The number of alkyl halides is 2. The molecule has 2 heterocycles. The summed E-state index contributed by atoms with van der Waals surface area (Å²) in [6.45, 7) is 1.09. The van der Waals surface area contributed by atoms with E-state index in [4.69, 9.17) is 0 Å². The molecule has 2 fully saturated rings. The SMILES string of the molecule is CC1(NC(=O)CN2CCC(Cc3nc4c(OC(F)F)cc(F)cc4[nH]3)CC2)CC1. The number of aromatic amines is 1. The van der Waals surface area contributed by atoms with Gasteiger partial charge in [0.05, 0.1) is 12.1 Å². The summed E-state index contributed by atoms with van der Waals surface area (Å²) in [6, 6.07) is 2.15. The van der Waals surface area contributed by atoms with Crippen LogP contribution < -0.4 is 10.1 Å². The Morgan fingerprint density at radius 2 is 2.10 bits per heavy atom. The molecular weight excluding hydrogens is 385 g/mol. The first-order chi connectivity index (χ1) is 13.8. The van der Waals surface area contributed by atoms with Gasteiger partial charge in [-0.3, -0.25) is 9.69 Å². The largest absolute Gasteiger partial charge is 0.432 e. The van der Waals surface area contributed by atoms with Crippen molar-refractivity contribution in [1.82, 2.24) is 20.2 Å². The first-order valence-electron chi connectivity index (χ1n) is 9.96. The van der Waals surface area contributed by atoms with Gasteiger partial charge in [-0.15, -0.1) is 0 Å². The predicted molar refractivity (Wildman–Crippen MR) is 101 cm³/mol. The Kier molecular flexibility index (Phi) is 5.42. The zero-order chi connectivity index (χ0) is 20.6. The number of aromatic nitrogens is 2. The number of nitrogens with zero attached hydrogens (tertiary/aromatic N) is 2. The van der Waals surface area contributed by atoms with Crippen LogP contribution in [0.1, 0.15) is 38.4 Å². The lowest BCUT2D eigenvalue weighted by molar-refractivity contribution is -0.123. The van der Waals surface area contributed by atoms with E-state index in [9.17, 15) is 18.0 Å². The number of carbonyl (C=O) groups is 1. The number of likely N-dealkylation sites (tertiary alicyclic amines) is 1. The normalized spacial score (nSPS) is 19.6. The van der Waals surface area contributed by atoms with Gasteiger partial charge < -0.3 is 15.0 Å². The first kappa shape index (κ1) is 20.0. The monoisotopic (exact) mass is 410 g/mol. The Morgan fingerprint density at radius 3 is 2.76 bits per heavy atom. The lowest BCUT2D eigenvalue weighted by atomic mass is 9.93. The number of amides is 1. The van der Waals surface area contributed by atoms with Crippen LogP contribution in [-0.2, 0) is 11.2 Å². The molecule has 2 N–H and O–H groups in total. The van der Waals surface area contributed by atoms with Crippen molar-refractivity contribution in [2.45, 2.75) is 51.2 Å². The van der Waals surface area contributed by atoms with Crippen molar-refractivity contribution in [3.8, 4) is 5.75 Å². The molecule has 6 nitrogen and oxygen atoms in total. The van der Waals surface area contributed by atoms with Gasteiger partial charge in [-0.1, -0.05) is 0 Å². The Morgan fingerprint density at radius 1 is 1.38 bits per heavy atom. The molecule has 2 aromatic rings. The van der Waals surface area contributed by atoms with E-state index in [2.05, 4.69) is 31.8 Å². The van der Waals surface area contributed by atoms with Crippen LogP contribution in [-0.4, -0.2) is 52.6 Å². The van der Waals surface area contributed by atoms with Crippen molar-refractivity contribution in [2.24, 2.45) is 5.92 Å². The van der Waals surface area contributed by atoms with E-state index in [0.717, 1.165) is 44.8 Å². The van der Waals surface area contributed by atoms with Crippen molar-refractivity contribution < 1.29 is 22.7 Å². The third kappa shape index (κ3) is 5.01. The van der Waals surface area contributed by atoms with E-state index in [1.807, 2.05) is 0 Å². The molecular formula is C20H25F3N4O2. The van der Waals surface area contributed by atoms with Gasteiger partial charge in [0.1, 0.15) is 17.2 Å².